The number of aromatic nitrogens is 3. The summed E-state index contributed by atoms with van der Waals surface area (Å²) >= 11 is 4.57. The van der Waals surface area contributed by atoms with Crippen molar-refractivity contribution in [2.45, 2.75) is 6.18 Å². The summed E-state index contributed by atoms with van der Waals surface area (Å²) in [6, 6.07) is 15.3. The van der Waals surface area contributed by atoms with E-state index in [0.29, 0.717) is 5.69 Å². The van der Waals surface area contributed by atoms with E-state index in [0.717, 1.165) is 34.3 Å². The van der Waals surface area contributed by atoms with E-state index < -0.39 is 23.1 Å². The molecule has 5 rings (SSSR count). The van der Waals surface area contributed by atoms with E-state index in [1.165, 1.54) is 34.1 Å². The molecule has 2 heterocycles. The lowest BCUT2D eigenvalue weighted by Gasteiger charge is -2.13. The van der Waals surface area contributed by atoms with Crippen LogP contribution in [0.4, 0.5) is 17.6 Å². The molecule has 34 heavy (non-hydrogen) atoms. The first-order chi connectivity index (χ1) is 16.2. The zero-order valence-electron chi connectivity index (χ0n) is 17.0. The fraction of sp³-hybridized carbons (Fsp3) is 0.0417. The minimum atomic E-state index is -4.51. The average Bonchev–Trinajstić information content (AvgIpc) is 3.28. The predicted octanol–water partition coefficient (Wildman–Crippen LogP) is 7.10. The van der Waals surface area contributed by atoms with Crippen molar-refractivity contribution in [2.24, 2.45) is 0 Å². The molecule has 0 saturated carbocycles. The van der Waals surface area contributed by atoms with E-state index in [9.17, 15) is 22.4 Å². The fourth-order valence-corrected chi connectivity index (χ4v) is 4.55. The summed E-state index contributed by atoms with van der Waals surface area (Å²) in [4.78, 5) is 22.4. The minimum absolute atomic E-state index is 0.0635. The second-order valence-electron chi connectivity index (χ2n) is 7.33. The Morgan fingerprint density at radius 1 is 0.882 bits per heavy atom. The Balaban J connectivity index is 1.72. The molecule has 0 unspecified atom stereocenters. The van der Waals surface area contributed by atoms with E-state index in [2.05, 4.69) is 25.9 Å². The van der Waals surface area contributed by atoms with Gasteiger partial charge in [0, 0.05) is 27.0 Å². The monoisotopic (exact) mass is 545 g/mol. The maximum atomic E-state index is 13.8. The van der Waals surface area contributed by atoms with Gasteiger partial charge in [-0.05, 0) is 36.4 Å². The Hall–Kier alpha value is -3.37. The van der Waals surface area contributed by atoms with Gasteiger partial charge in [-0.15, -0.1) is 11.3 Å². The van der Waals surface area contributed by atoms with Gasteiger partial charge >= 0.3 is 6.18 Å². The number of alkyl halides is 3. The molecule has 0 amide bonds. The van der Waals surface area contributed by atoms with Crippen molar-refractivity contribution in [1.29, 1.82) is 0 Å². The number of nitrogens with zero attached hydrogens (tertiary/aromatic N) is 3. The highest BCUT2D eigenvalue weighted by Gasteiger charge is 2.30. The molecule has 0 aliphatic carbocycles. The average molecular weight is 546 g/mol. The summed E-state index contributed by atoms with van der Waals surface area (Å²) in [5.41, 5.74) is 0.473. The molecule has 4 nitrogen and oxygen atoms in total. The molecule has 0 spiro atoms. The van der Waals surface area contributed by atoms with E-state index in [-0.39, 0.29) is 27.4 Å². The fourth-order valence-electron chi connectivity index (χ4n) is 3.46. The predicted molar refractivity (Wildman–Crippen MR) is 127 cm³/mol. The largest absolute Gasteiger partial charge is 0.416 e. The first-order valence-electron chi connectivity index (χ1n) is 9.82. The zero-order valence-corrected chi connectivity index (χ0v) is 19.4. The summed E-state index contributed by atoms with van der Waals surface area (Å²) in [7, 11) is 0. The van der Waals surface area contributed by atoms with E-state index in [1.807, 2.05) is 24.3 Å². The molecule has 170 valence electrons. The van der Waals surface area contributed by atoms with Gasteiger partial charge in [0.25, 0.3) is 5.56 Å². The van der Waals surface area contributed by atoms with Gasteiger partial charge in [0.2, 0.25) is 0 Å². The topological polar surface area (TPSA) is 47.8 Å². The van der Waals surface area contributed by atoms with Crippen molar-refractivity contribution >= 4 is 38.2 Å². The maximum absolute atomic E-state index is 13.8. The zero-order chi connectivity index (χ0) is 24.0. The molecule has 0 aliphatic heterocycles. The van der Waals surface area contributed by atoms with Crippen molar-refractivity contribution in [3.63, 3.8) is 0 Å². The van der Waals surface area contributed by atoms with E-state index in [1.54, 1.807) is 5.38 Å². The first-order valence-corrected chi connectivity index (χ1v) is 11.5. The summed E-state index contributed by atoms with van der Waals surface area (Å²) < 4.78 is 55.1. The lowest BCUT2D eigenvalue weighted by atomic mass is 10.1. The van der Waals surface area contributed by atoms with Crippen LogP contribution in [0.5, 0.6) is 0 Å². The Labute approximate surface area is 202 Å². The molecule has 0 aliphatic rings. The molecule has 0 bridgehead atoms. The van der Waals surface area contributed by atoms with Gasteiger partial charge in [0.1, 0.15) is 11.6 Å². The van der Waals surface area contributed by atoms with Crippen LogP contribution < -0.4 is 5.56 Å². The number of halogens is 5. The van der Waals surface area contributed by atoms with E-state index >= 15 is 0 Å². The van der Waals surface area contributed by atoms with Crippen LogP contribution >= 0.6 is 27.3 Å². The molecular weight excluding hydrogens is 534 g/mol. The summed E-state index contributed by atoms with van der Waals surface area (Å²) in [5, 5.41) is 2.23. The molecule has 3 aromatic carbocycles. The Kier molecular flexibility index (Phi) is 5.57. The number of thiazole rings is 1. The second kappa shape index (κ2) is 8.44. The highest BCUT2D eigenvalue weighted by Crippen LogP contribution is 2.32. The molecule has 0 atom stereocenters. The van der Waals surface area contributed by atoms with Crippen molar-refractivity contribution in [1.82, 2.24) is 14.5 Å². The van der Waals surface area contributed by atoms with Gasteiger partial charge in [0.05, 0.1) is 22.2 Å². The lowest BCUT2D eigenvalue weighted by Crippen LogP contribution is -2.22. The smallest absolute Gasteiger partial charge is 0.268 e. The third-order valence-electron chi connectivity index (χ3n) is 5.13. The molecule has 5 aromatic rings. The van der Waals surface area contributed by atoms with Crippen molar-refractivity contribution in [2.75, 3.05) is 0 Å². The molecule has 0 radical (unpaired) electrons. The maximum Gasteiger partial charge on any atom is 0.416 e. The van der Waals surface area contributed by atoms with Crippen molar-refractivity contribution in [3.05, 3.63) is 98.3 Å². The molecule has 10 heteroatoms. The van der Waals surface area contributed by atoms with E-state index in [4.69, 9.17) is 0 Å². The summed E-state index contributed by atoms with van der Waals surface area (Å²) in [6.07, 6.45) is -4.51. The molecule has 0 saturated heterocycles. The van der Waals surface area contributed by atoms with Crippen LogP contribution in [0.1, 0.15) is 5.56 Å². The third-order valence-corrected chi connectivity index (χ3v) is 6.48. The number of fused-ring (bicyclic) bond motifs is 1. The standard InChI is InChI=1S/C24H12BrF4N3OS/c25-16-7-3-13(4-8-16)20-12-34-23(31-20)32-21(14-1-5-15(6-2-14)24(27,28)29)30-19-11-17(26)9-10-18(19)22(32)33/h1-12H. The van der Waals surface area contributed by atoms with Crippen LogP contribution in [-0.2, 0) is 6.18 Å². The number of hydrogen-bond donors (Lipinski definition) is 0. The SMILES string of the molecule is O=c1c2ccc(F)cc2nc(-c2ccc(C(F)(F)F)cc2)n1-c1nc(-c2ccc(Br)cc2)cs1. The van der Waals surface area contributed by atoms with Gasteiger partial charge < -0.3 is 0 Å². The van der Waals surface area contributed by atoms with Crippen molar-refractivity contribution in [3.8, 4) is 27.8 Å². The first kappa shape index (κ1) is 22.4. The number of benzene rings is 3. The van der Waals surface area contributed by atoms with Crippen LogP contribution in [0.2, 0.25) is 0 Å². The van der Waals surface area contributed by atoms with Crippen LogP contribution in [0.25, 0.3) is 38.7 Å². The summed E-state index contributed by atoms with van der Waals surface area (Å²) in [5.74, 6) is -0.518. The quantitative estimate of drug-likeness (QED) is 0.227. The molecule has 0 N–H and O–H groups in total. The van der Waals surface area contributed by atoms with Crippen LogP contribution in [0.15, 0.2) is 81.4 Å². The van der Waals surface area contributed by atoms with Gasteiger partial charge in [-0.1, -0.05) is 40.2 Å². The Bertz CT molecular complexity index is 1580. The number of hydrogen-bond acceptors (Lipinski definition) is 4. The molecular formula is C24H12BrF4N3OS. The third kappa shape index (κ3) is 4.14. The summed E-state index contributed by atoms with van der Waals surface area (Å²) in [6.45, 7) is 0. The van der Waals surface area contributed by atoms with Gasteiger partial charge in [-0.3, -0.25) is 4.79 Å². The van der Waals surface area contributed by atoms with Crippen LogP contribution in [0.3, 0.4) is 0 Å². The second-order valence-corrected chi connectivity index (χ2v) is 9.09. The van der Waals surface area contributed by atoms with Gasteiger partial charge in [-0.25, -0.2) is 18.9 Å². The van der Waals surface area contributed by atoms with Gasteiger partial charge in [-0.2, -0.15) is 13.2 Å². The molecule has 2 aromatic heterocycles. The number of rotatable bonds is 3. The van der Waals surface area contributed by atoms with Crippen LogP contribution in [0, 0.1) is 5.82 Å². The Morgan fingerprint density at radius 2 is 1.56 bits per heavy atom. The normalized spacial score (nSPS) is 11.8. The highest BCUT2D eigenvalue weighted by atomic mass is 79.9. The Morgan fingerprint density at radius 3 is 2.24 bits per heavy atom. The van der Waals surface area contributed by atoms with Gasteiger partial charge in [0.15, 0.2) is 5.13 Å². The highest BCUT2D eigenvalue weighted by molar-refractivity contribution is 9.10. The lowest BCUT2D eigenvalue weighted by molar-refractivity contribution is -0.137. The molecule has 0 fully saturated rings. The minimum Gasteiger partial charge on any atom is -0.268 e. The van der Waals surface area contributed by atoms with Crippen LogP contribution in [-0.4, -0.2) is 14.5 Å². The van der Waals surface area contributed by atoms with Crippen molar-refractivity contribution < 1.29 is 17.6 Å².